The first-order valence-electron chi connectivity index (χ1n) is 9.08. The number of ether oxygens (including phenoxy) is 3. The number of ketones is 1. The van der Waals surface area contributed by atoms with Gasteiger partial charge in [-0.2, -0.15) is 0 Å². The molecule has 0 N–H and O–H groups in total. The summed E-state index contributed by atoms with van der Waals surface area (Å²) in [4.78, 5) is 29.5. The van der Waals surface area contributed by atoms with Gasteiger partial charge < -0.3 is 14.2 Å². The number of fused-ring (bicyclic) bond motifs is 2. The van der Waals surface area contributed by atoms with Gasteiger partial charge in [0.25, 0.3) is 0 Å². The number of pyridine rings is 1. The SMILES string of the molecule is Cc1cc(C(=O)OCC(=O)c2ccc3c(c2)OCCCO3)c2ccccc2n1. The molecule has 2 aromatic carbocycles. The van der Waals surface area contributed by atoms with Crippen molar-refractivity contribution in [2.75, 3.05) is 19.8 Å². The van der Waals surface area contributed by atoms with E-state index in [1.165, 1.54) is 0 Å². The molecule has 6 nitrogen and oxygen atoms in total. The summed E-state index contributed by atoms with van der Waals surface area (Å²) in [5.41, 5.74) is 2.23. The molecule has 0 fully saturated rings. The van der Waals surface area contributed by atoms with Crippen molar-refractivity contribution in [3.63, 3.8) is 0 Å². The zero-order valence-corrected chi connectivity index (χ0v) is 15.4. The molecule has 0 spiro atoms. The van der Waals surface area contributed by atoms with Crippen molar-refractivity contribution in [3.05, 3.63) is 65.4 Å². The Hall–Kier alpha value is -3.41. The smallest absolute Gasteiger partial charge is 0.339 e. The monoisotopic (exact) mass is 377 g/mol. The van der Waals surface area contributed by atoms with Gasteiger partial charge >= 0.3 is 5.97 Å². The van der Waals surface area contributed by atoms with Crippen LogP contribution in [-0.2, 0) is 4.74 Å². The van der Waals surface area contributed by atoms with Crippen molar-refractivity contribution < 1.29 is 23.8 Å². The number of aromatic nitrogens is 1. The highest BCUT2D eigenvalue weighted by molar-refractivity contribution is 6.05. The number of nitrogens with zero attached hydrogens (tertiary/aromatic N) is 1. The molecule has 4 rings (SSSR count). The summed E-state index contributed by atoms with van der Waals surface area (Å²) >= 11 is 0. The van der Waals surface area contributed by atoms with E-state index in [-0.39, 0.29) is 12.4 Å². The van der Waals surface area contributed by atoms with E-state index in [4.69, 9.17) is 14.2 Å². The number of para-hydroxylation sites is 1. The summed E-state index contributed by atoms with van der Waals surface area (Å²) < 4.78 is 16.5. The predicted octanol–water partition coefficient (Wildman–Crippen LogP) is 3.74. The summed E-state index contributed by atoms with van der Waals surface area (Å²) in [6, 6.07) is 14.0. The molecule has 0 bridgehead atoms. The lowest BCUT2D eigenvalue weighted by Crippen LogP contribution is -2.15. The minimum atomic E-state index is -0.551. The molecule has 0 amide bonds. The summed E-state index contributed by atoms with van der Waals surface area (Å²) in [6.07, 6.45) is 0.787. The van der Waals surface area contributed by atoms with Crippen LogP contribution in [0.25, 0.3) is 10.9 Å². The molecule has 0 atom stereocenters. The van der Waals surface area contributed by atoms with Crippen molar-refractivity contribution in [1.29, 1.82) is 0 Å². The van der Waals surface area contributed by atoms with Gasteiger partial charge in [-0.25, -0.2) is 4.79 Å². The molecule has 0 aliphatic carbocycles. The highest BCUT2D eigenvalue weighted by atomic mass is 16.5. The fourth-order valence-corrected chi connectivity index (χ4v) is 3.11. The average Bonchev–Trinajstić information content (AvgIpc) is 2.95. The Morgan fingerprint density at radius 3 is 2.68 bits per heavy atom. The zero-order chi connectivity index (χ0) is 19.5. The van der Waals surface area contributed by atoms with Crippen LogP contribution >= 0.6 is 0 Å². The van der Waals surface area contributed by atoms with Gasteiger partial charge in [0.15, 0.2) is 23.9 Å². The first-order valence-corrected chi connectivity index (χ1v) is 9.08. The molecule has 28 heavy (non-hydrogen) atoms. The van der Waals surface area contributed by atoms with Crippen LogP contribution in [0.1, 0.15) is 32.8 Å². The van der Waals surface area contributed by atoms with E-state index in [9.17, 15) is 9.59 Å². The van der Waals surface area contributed by atoms with Crippen molar-refractivity contribution in [3.8, 4) is 11.5 Å². The van der Waals surface area contributed by atoms with Crippen LogP contribution in [0.3, 0.4) is 0 Å². The summed E-state index contributed by atoms with van der Waals surface area (Å²) in [5, 5.41) is 0.695. The van der Waals surface area contributed by atoms with E-state index in [2.05, 4.69) is 4.98 Å². The number of Topliss-reactive ketones (excluding diaryl/α,β-unsaturated/α-hetero) is 1. The third-order valence-corrected chi connectivity index (χ3v) is 4.47. The van der Waals surface area contributed by atoms with Crippen molar-refractivity contribution in [2.24, 2.45) is 0 Å². The fourth-order valence-electron chi connectivity index (χ4n) is 3.11. The Kier molecular flexibility index (Phi) is 4.93. The molecule has 1 aliphatic heterocycles. The van der Waals surface area contributed by atoms with Gasteiger partial charge in [0.2, 0.25) is 0 Å². The second-order valence-corrected chi connectivity index (χ2v) is 6.54. The zero-order valence-electron chi connectivity index (χ0n) is 15.4. The van der Waals surface area contributed by atoms with E-state index in [1.54, 1.807) is 24.3 Å². The number of hydrogen-bond donors (Lipinski definition) is 0. The quantitative estimate of drug-likeness (QED) is 0.509. The maximum Gasteiger partial charge on any atom is 0.339 e. The van der Waals surface area contributed by atoms with Gasteiger partial charge in [-0.05, 0) is 37.3 Å². The Morgan fingerprint density at radius 1 is 1.04 bits per heavy atom. The Labute approximate surface area is 162 Å². The molecule has 142 valence electrons. The molecular weight excluding hydrogens is 358 g/mol. The average molecular weight is 377 g/mol. The van der Waals surface area contributed by atoms with E-state index in [0.717, 1.165) is 6.42 Å². The topological polar surface area (TPSA) is 74.7 Å². The molecule has 0 unspecified atom stereocenters. The number of aryl methyl sites for hydroxylation is 1. The minimum absolute atomic E-state index is 0.306. The number of rotatable bonds is 4. The molecule has 6 heteroatoms. The molecule has 1 aromatic heterocycles. The molecule has 2 heterocycles. The molecule has 0 saturated carbocycles. The molecular formula is C22H19NO5. The van der Waals surface area contributed by atoms with Gasteiger partial charge in [-0.15, -0.1) is 0 Å². The lowest BCUT2D eigenvalue weighted by molar-refractivity contribution is 0.0476. The number of benzene rings is 2. The highest BCUT2D eigenvalue weighted by Gasteiger charge is 2.18. The third kappa shape index (κ3) is 3.67. The van der Waals surface area contributed by atoms with Crippen LogP contribution in [0.15, 0.2) is 48.5 Å². The Balaban J connectivity index is 1.50. The van der Waals surface area contributed by atoms with Crippen LogP contribution in [0, 0.1) is 6.92 Å². The van der Waals surface area contributed by atoms with Gasteiger partial charge in [-0.1, -0.05) is 18.2 Å². The van der Waals surface area contributed by atoms with Crippen LogP contribution in [-0.4, -0.2) is 36.6 Å². The van der Waals surface area contributed by atoms with Crippen molar-refractivity contribution >= 4 is 22.7 Å². The first kappa shape index (κ1) is 18.0. The lowest BCUT2D eigenvalue weighted by Gasteiger charge is -2.10. The van der Waals surface area contributed by atoms with E-state index in [1.807, 2.05) is 31.2 Å². The normalized spacial score (nSPS) is 13.0. The molecule has 1 aliphatic rings. The van der Waals surface area contributed by atoms with Crippen LogP contribution in [0.4, 0.5) is 0 Å². The fraction of sp³-hybridized carbons (Fsp3) is 0.227. The van der Waals surface area contributed by atoms with E-state index >= 15 is 0 Å². The van der Waals surface area contributed by atoms with Gasteiger partial charge in [0, 0.05) is 23.1 Å². The molecule has 0 radical (unpaired) electrons. The van der Waals surface area contributed by atoms with Crippen LogP contribution < -0.4 is 9.47 Å². The number of carbonyl (C=O) groups is 2. The Morgan fingerprint density at radius 2 is 1.82 bits per heavy atom. The standard InChI is InChI=1S/C22H19NO5/c1-14-11-17(16-5-2-3-6-18(16)23-14)22(25)28-13-19(24)15-7-8-20-21(12-15)27-10-4-9-26-20/h2-3,5-8,11-12H,4,9-10,13H2,1H3. The highest BCUT2D eigenvalue weighted by Crippen LogP contribution is 2.30. The molecule has 3 aromatic rings. The summed E-state index contributed by atoms with van der Waals surface area (Å²) in [7, 11) is 0. The molecule has 0 saturated heterocycles. The van der Waals surface area contributed by atoms with Gasteiger partial charge in [0.05, 0.1) is 24.3 Å². The third-order valence-electron chi connectivity index (χ3n) is 4.47. The predicted molar refractivity (Wildman–Crippen MR) is 103 cm³/mol. The lowest BCUT2D eigenvalue weighted by atomic mass is 10.1. The van der Waals surface area contributed by atoms with E-state index < -0.39 is 5.97 Å². The van der Waals surface area contributed by atoms with Gasteiger partial charge in [-0.3, -0.25) is 9.78 Å². The number of esters is 1. The summed E-state index contributed by atoms with van der Waals surface area (Å²) in [5.74, 6) is 0.290. The Bertz CT molecular complexity index is 1060. The number of carbonyl (C=O) groups excluding carboxylic acids is 2. The summed E-state index contributed by atoms with van der Waals surface area (Å²) in [6.45, 7) is 2.58. The maximum absolute atomic E-state index is 12.6. The van der Waals surface area contributed by atoms with Crippen molar-refractivity contribution in [2.45, 2.75) is 13.3 Å². The van der Waals surface area contributed by atoms with Crippen LogP contribution in [0.5, 0.6) is 11.5 Å². The van der Waals surface area contributed by atoms with E-state index in [0.29, 0.717) is 52.4 Å². The van der Waals surface area contributed by atoms with Gasteiger partial charge in [0.1, 0.15) is 0 Å². The second kappa shape index (κ2) is 7.68. The van der Waals surface area contributed by atoms with Crippen molar-refractivity contribution in [1.82, 2.24) is 4.98 Å². The van der Waals surface area contributed by atoms with Crippen LogP contribution in [0.2, 0.25) is 0 Å². The number of hydrogen-bond acceptors (Lipinski definition) is 6. The minimum Gasteiger partial charge on any atom is -0.490 e. The first-order chi connectivity index (χ1) is 13.6. The largest absolute Gasteiger partial charge is 0.490 e. The second-order valence-electron chi connectivity index (χ2n) is 6.54. The maximum atomic E-state index is 12.6.